The van der Waals surface area contributed by atoms with E-state index in [1.54, 1.807) is 30.3 Å². The van der Waals surface area contributed by atoms with Gasteiger partial charge in [-0.1, -0.05) is 66.7 Å². The van der Waals surface area contributed by atoms with Crippen molar-refractivity contribution in [2.24, 2.45) is 0 Å². The highest BCUT2D eigenvalue weighted by Gasteiger charge is 2.11. The Labute approximate surface area is 146 Å². The fourth-order valence-corrected chi connectivity index (χ4v) is 2.47. The van der Waals surface area contributed by atoms with Crippen LogP contribution in [0.1, 0.15) is 16.7 Å². The molecule has 4 heteroatoms. The zero-order valence-electron chi connectivity index (χ0n) is 13.6. The number of carbonyl (C=O) groups is 1. The van der Waals surface area contributed by atoms with Crippen molar-refractivity contribution in [3.05, 3.63) is 95.6 Å². The summed E-state index contributed by atoms with van der Waals surface area (Å²) in [6, 6.07) is 24.0. The highest BCUT2D eigenvalue weighted by molar-refractivity contribution is 5.63. The van der Waals surface area contributed by atoms with Crippen molar-refractivity contribution in [3.63, 3.8) is 0 Å². The van der Waals surface area contributed by atoms with Crippen LogP contribution in [0.4, 0.5) is 4.79 Å². The molecule has 0 aliphatic carbocycles. The largest absolute Gasteiger partial charge is 0.514 e. The summed E-state index contributed by atoms with van der Waals surface area (Å²) in [5, 5.41) is 10.4. The molecule has 0 saturated carbocycles. The van der Waals surface area contributed by atoms with E-state index >= 15 is 0 Å². The van der Waals surface area contributed by atoms with E-state index in [0.29, 0.717) is 17.7 Å². The summed E-state index contributed by atoms with van der Waals surface area (Å²) in [7, 11) is 0. The molecule has 0 spiro atoms. The van der Waals surface area contributed by atoms with E-state index in [1.165, 1.54) is 0 Å². The average molecular weight is 334 g/mol. The Balaban J connectivity index is 1.63. The van der Waals surface area contributed by atoms with Crippen molar-refractivity contribution in [2.75, 3.05) is 0 Å². The predicted octanol–water partition coefficient (Wildman–Crippen LogP) is 4.70. The lowest BCUT2D eigenvalue weighted by Gasteiger charge is -2.11. The Hall–Kier alpha value is -3.27. The molecule has 0 amide bonds. The second kappa shape index (κ2) is 8.02. The first-order chi connectivity index (χ1) is 12.2. The van der Waals surface area contributed by atoms with Crippen molar-refractivity contribution in [1.82, 2.24) is 0 Å². The summed E-state index contributed by atoms with van der Waals surface area (Å²) in [6.07, 6.45) is -0.200. The Morgan fingerprint density at radius 1 is 0.800 bits per heavy atom. The average Bonchev–Trinajstić information content (AvgIpc) is 2.64. The minimum absolute atomic E-state index is 0.0554. The molecule has 4 nitrogen and oxygen atoms in total. The van der Waals surface area contributed by atoms with Gasteiger partial charge in [0.2, 0.25) is 0 Å². The van der Waals surface area contributed by atoms with Gasteiger partial charge in [-0.3, -0.25) is 0 Å². The lowest BCUT2D eigenvalue weighted by molar-refractivity contribution is 0.0921. The Bertz CT molecular complexity index is 829. The molecule has 0 atom stereocenters. The van der Waals surface area contributed by atoms with Gasteiger partial charge in [-0.25, -0.2) is 4.79 Å². The summed E-state index contributed by atoms with van der Waals surface area (Å²) < 4.78 is 10.2. The Morgan fingerprint density at radius 3 is 2.16 bits per heavy atom. The van der Waals surface area contributed by atoms with Crippen molar-refractivity contribution < 1.29 is 19.4 Å². The minimum Gasteiger partial charge on any atom is -0.507 e. The molecular formula is C21H18O4. The second-order valence-electron chi connectivity index (χ2n) is 5.54. The summed E-state index contributed by atoms with van der Waals surface area (Å²) in [6.45, 7) is -0.0554. The van der Waals surface area contributed by atoms with Crippen molar-refractivity contribution in [1.29, 1.82) is 0 Å². The quantitative estimate of drug-likeness (QED) is 0.543. The molecule has 0 aliphatic heterocycles. The third kappa shape index (κ3) is 4.61. The Morgan fingerprint density at radius 2 is 1.44 bits per heavy atom. The molecule has 0 saturated heterocycles. The first-order valence-electron chi connectivity index (χ1n) is 7.95. The van der Waals surface area contributed by atoms with Crippen molar-refractivity contribution in [3.8, 4) is 11.5 Å². The molecule has 3 aromatic carbocycles. The third-order valence-electron chi connectivity index (χ3n) is 3.73. The number of hydrogen-bond acceptors (Lipinski definition) is 4. The van der Waals surface area contributed by atoms with Gasteiger partial charge in [0.15, 0.2) is 0 Å². The van der Waals surface area contributed by atoms with Gasteiger partial charge in [-0.15, -0.1) is 0 Å². The topological polar surface area (TPSA) is 55.8 Å². The van der Waals surface area contributed by atoms with Gasteiger partial charge in [-0.2, -0.15) is 0 Å². The number of para-hydroxylation sites is 2. The van der Waals surface area contributed by atoms with Crippen LogP contribution in [-0.4, -0.2) is 11.3 Å². The van der Waals surface area contributed by atoms with E-state index < -0.39 is 6.16 Å². The molecule has 0 fully saturated rings. The van der Waals surface area contributed by atoms with Gasteiger partial charge in [0.1, 0.15) is 18.1 Å². The minimum atomic E-state index is -0.806. The first-order valence-corrected chi connectivity index (χ1v) is 7.95. The molecule has 126 valence electrons. The molecular weight excluding hydrogens is 316 g/mol. The zero-order valence-corrected chi connectivity index (χ0v) is 13.6. The van der Waals surface area contributed by atoms with E-state index in [9.17, 15) is 9.90 Å². The number of phenols is 1. The van der Waals surface area contributed by atoms with E-state index in [2.05, 4.69) is 0 Å². The van der Waals surface area contributed by atoms with E-state index in [4.69, 9.17) is 9.47 Å². The molecule has 0 aromatic heterocycles. The molecule has 0 aliphatic rings. The van der Waals surface area contributed by atoms with Gasteiger partial charge in [0.05, 0.1) is 0 Å². The van der Waals surface area contributed by atoms with Crippen LogP contribution in [0.3, 0.4) is 0 Å². The standard InChI is InChI=1S/C21H18O4/c22-20-17(14-16-8-3-1-4-9-16)10-7-11-18(20)15-24-21(23)25-19-12-5-2-6-13-19/h1-13,22H,14-15H2. The lowest BCUT2D eigenvalue weighted by atomic mass is 10.0. The number of phenolic OH excluding ortho intramolecular Hbond substituents is 1. The highest BCUT2D eigenvalue weighted by atomic mass is 16.7. The molecule has 0 heterocycles. The van der Waals surface area contributed by atoms with Gasteiger partial charge < -0.3 is 14.6 Å². The lowest BCUT2D eigenvalue weighted by Crippen LogP contribution is -2.10. The molecule has 25 heavy (non-hydrogen) atoms. The maximum atomic E-state index is 11.7. The smallest absolute Gasteiger partial charge is 0.507 e. The zero-order chi connectivity index (χ0) is 17.5. The van der Waals surface area contributed by atoms with Crippen molar-refractivity contribution >= 4 is 6.16 Å². The van der Waals surface area contributed by atoms with Crippen LogP contribution in [0.2, 0.25) is 0 Å². The van der Waals surface area contributed by atoms with Crippen LogP contribution in [-0.2, 0) is 17.8 Å². The van der Waals surface area contributed by atoms with E-state index in [-0.39, 0.29) is 12.4 Å². The maximum Gasteiger partial charge on any atom is 0.514 e. The Kier molecular flexibility index (Phi) is 5.32. The fraction of sp³-hybridized carbons (Fsp3) is 0.0952. The molecule has 0 radical (unpaired) electrons. The fourth-order valence-electron chi connectivity index (χ4n) is 2.47. The number of hydrogen-bond donors (Lipinski definition) is 1. The summed E-state index contributed by atoms with van der Waals surface area (Å²) in [5.74, 6) is 0.549. The molecule has 3 aromatic rings. The van der Waals surface area contributed by atoms with Crippen LogP contribution in [0, 0.1) is 0 Å². The number of ether oxygens (including phenoxy) is 2. The summed E-state index contributed by atoms with van der Waals surface area (Å²) in [5.41, 5.74) is 2.42. The first kappa shape index (κ1) is 16.6. The predicted molar refractivity (Wildman–Crippen MR) is 94.6 cm³/mol. The third-order valence-corrected chi connectivity index (χ3v) is 3.73. The van der Waals surface area contributed by atoms with Gasteiger partial charge >= 0.3 is 6.16 Å². The normalized spacial score (nSPS) is 10.2. The number of benzene rings is 3. The molecule has 0 bridgehead atoms. The number of carbonyl (C=O) groups excluding carboxylic acids is 1. The number of aromatic hydroxyl groups is 1. The SMILES string of the molecule is O=C(OCc1cccc(Cc2ccccc2)c1O)Oc1ccccc1. The van der Waals surface area contributed by atoms with Crippen LogP contribution in [0.25, 0.3) is 0 Å². The van der Waals surface area contributed by atoms with Gasteiger partial charge in [0, 0.05) is 12.0 Å². The van der Waals surface area contributed by atoms with Crippen LogP contribution in [0.15, 0.2) is 78.9 Å². The number of rotatable bonds is 5. The van der Waals surface area contributed by atoms with Crippen LogP contribution in [0.5, 0.6) is 11.5 Å². The molecule has 0 unspecified atom stereocenters. The summed E-state index contributed by atoms with van der Waals surface area (Å²) in [4.78, 5) is 11.7. The second-order valence-corrected chi connectivity index (χ2v) is 5.54. The molecule has 1 N–H and O–H groups in total. The van der Waals surface area contributed by atoms with Crippen molar-refractivity contribution in [2.45, 2.75) is 13.0 Å². The van der Waals surface area contributed by atoms with Gasteiger partial charge in [-0.05, 0) is 23.3 Å². The van der Waals surface area contributed by atoms with E-state index in [1.807, 2.05) is 48.5 Å². The summed E-state index contributed by atoms with van der Waals surface area (Å²) >= 11 is 0. The van der Waals surface area contributed by atoms with Crippen LogP contribution < -0.4 is 4.74 Å². The van der Waals surface area contributed by atoms with E-state index in [0.717, 1.165) is 11.1 Å². The van der Waals surface area contributed by atoms with Gasteiger partial charge in [0.25, 0.3) is 0 Å². The van der Waals surface area contributed by atoms with Crippen LogP contribution >= 0.6 is 0 Å². The maximum absolute atomic E-state index is 11.7. The monoisotopic (exact) mass is 334 g/mol. The molecule has 3 rings (SSSR count). The highest BCUT2D eigenvalue weighted by Crippen LogP contribution is 2.25.